The van der Waals surface area contributed by atoms with Crippen molar-refractivity contribution in [3.8, 4) is 0 Å². The molecule has 3 nitrogen and oxygen atoms in total. The normalized spacial score (nSPS) is 11.2. The summed E-state index contributed by atoms with van der Waals surface area (Å²) >= 11 is 0. The van der Waals surface area contributed by atoms with Crippen LogP contribution >= 0.6 is 0 Å². The summed E-state index contributed by atoms with van der Waals surface area (Å²) in [6, 6.07) is 7.58. The van der Waals surface area contributed by atoms with Gasteiger partial charge in [0.2, 0.25) is 0 Å². The molecule has 0 aliphatic heterocycles. The van der Waals surface area contributed by atoms with Crippen molar-refractivity contribution < 1.29 is 9.90 Å². The molecule has 3 heteroatoms. The van der Waals surface area contributed by atoms with Gasteiger partial charge in [-0.3, -0.25) is 0 Å². The summed E-state index contributed by atoms with van der Waals surface area (Å²) in [5, 5.41) is 10.3. The summed E-state index contributed by atoms with van der Waals surface area (Å²) in [6.45, 7) is 2.26. The molecule has 2 aromatic rings. The Hall–Kier alpha value is -1.77. The molecule has 1 N–H and O–H groups in total. The minimum absolute atomic E-state index is 0.360. The lowest BCUT2D eigenvalue weighted by atomic mass is 10.1. The zero-order valence-corrected chi connectivity index (χ0v) is 15.2. The first-order valence-corrected chi connectivity index (χ1v) is 9.45. The maximum absolute atomic E-state index is 11.1. The molecule has 0 aliphatic rings. The lowest BCUT2D eigenvalue weighted by molar-refractivity contribution is 0.0697. The number of aryl methyl sites for hydroxylation is 2. The highest BCUT2D eigenvalue weighted by molar-refractivity contribution is 5.93. The molecule has 0 fully saturated rings. The fourth-order valence-electron chi connectivity index (χ4n) is 3.38. The van der Waals surface area contributed by atoms with Crippen molar-refractivity contribution in [1.82, 2.24) is 4.57 Å². The van der Waals surface area contributed by atoms with E-state index in [4.69, 9.17) is 5.11 Å². The Balaban J connectivity index is 1.77. The minimum atomic E-state index is -0.862. The molecule has 0 bridgehead atoms. The van der Waals surface area contributed by atoms with Crippen LogP contribution in [-0.2, 0) is 13.5 Å². The Labute approximate surface area is 145 Å². The maximum Gasteiger partial charge on any atom is 0.335 e. The summed E-state index contributed by atoms with van der Waals surface area (Å²) in [5.74, 6) is -0.862. The van der Waals surface area contributed by atoms with Crippen LogP contribution in [-0.4, -0.2) is 15.6 Å². The highest BCUT2D eigenvalue weighted by Gasteiger charge is 2.09. The van der Waals surface area contributed by atoms with Crippen LogP contribution in [0.5, 0.6) is 0 Å². The van der Waals surface area contributed by atoms with Gasteiger partial charge in [-0.15, -0.1) is 0 Å². The minimum Gasteiger partial charge on any atom is -0.478 e. The molecule has 0 amide bonds. The highest BCUT2D eigenvalue weighted by atomic mass is 16.4. The lowest BCUT2D eigenvalue weighted by Gasteiger charge is -2.05. The van der Waals surface area contributed by atoms with E-state index in [9.17, 15) is 4.79 Å². The van der Waals surface area contributed by atoms with Gasteiger partial charge in [0.05, 0.1) is 5.56 Å². The number of benzene rings is 1. The molecule has 24 heavy (non-hydrogen) atoms. The first-order chi connectivity index (χ1) is 11.6. The number of hydrogen-bond acceptors (Lipinski definition) is 1. The third-order valence-electron chi connectivity index (χ3n) is 4.93. The van der Waals surface area contributed by atoms with E-state index in [2.05, 4.69) is 17.6 Å². The van der Waals surface area contributed by atoms with Gasteiger partial charge in [-0.2, -0.15) is 0 Å². The van der Waals surface area contributed by atoms with Crippen molar-refractivity contribution in [3.63, 3.8) is 0 Å². The van der Waals surface area contributed by atoms with Crippen molar-refractivity contribution in [3.05, 3.63) is 35.5 Å². The third-order valence-corrected chi connectivity index (χ3v) is 4.93. The van der Waals surface area contributed by atoms with Crippen molar-refractivity contribution in [1.29, 1.82) is 0 Å². The molecule has 0 saturated carbocycles. The number of rotatable bonds is 11. The van der Waals surface area contributed by atoms with E-state index < -0.39 is 5.97 Å². The summed E-state index contributed by atoms with van der Waals surface area (Å²) < 4.78 is 2.15. The summed E-state index contributed by atoms with van der Waals surface area (Å²) in [6.07, 6.45) is 13.1. The maximum atomic E-state index is 11.1. The molecular weight excluding hydrogens is 298 g/mol. The largest absolute Gasteiger partial charge is 0.478 e. The lowest BCUT2D eigenvalue weighted by Crippen LogP contribution is -1.98. The van der Waals surface area contributed by atoms with Gasteiger partial charge in [-0.25, -0.2) is 4.79 Å². The molecule has 0 radical (unpaired) electrons. The Kier molecular flexibility index (Phi) is 7.36. The average Bonchev–Trinajstić information content (AvgIpc) is 2.89. The van der Waals surface area contributed by atoms with Crippen molar-refractivity contribution >= 4 is 16.9 Å². The molecule has 0 atom stereocenters. The smallest absolute Gasteiger partial charge is 0.335 e. The predicted octanol–water partition coefficient (Wildman–Crippen LogP) is 5.95. The number of carbonyl (C=O) groups is 1. The second-order valence-corrected chi connectivity index (χ2v) is 6.85. The fraction of sp³-hybridized carbons (Fsp3) is 0.571. The van der Waals surface area contributed by atoms with Crippen LogP contribution < -0.4 is 0 Å². The average molecular weight is 329 g/mol. The van der Waals surface area contributed by atoms with Gasteiger partial charge in [-0.05, 0) is 36.4 Å². The molecule has 0 aliphatic carbocycles. The van der Waals surface area contributed by atoms with Gasteiger partial charge < -0.3 is 9.67 Å². The van der Waals surface area contributed by atoms with Crippen LogP contribution in [0.2, 0.25) is 0 Å². The van der Waals surface area contributed by atoms with Gasteiger partial charge in [0.15, 0.2) is 0 Å². The number of aromatic carboxylic acids is 1. The highest BCUT2D eigenvalue weighted by Crippen LogP contribution is 2.22. The zero-order valence-electron chi connectivity index (χ0n) is 15.2. The molecular formula is C21H31NO2. The molecule has 132 valence electrons. The van der Waals surface area contributed by atoms with Crippen molar-refractivity contribution in [2.75, 3.05) is 0 Å². The zero-order chi connectivity index (χ0) is 17.4. The van der Waals surface area contributed by atoms with E-state index in [1.54, 1.807) is 12.1 Å². The van der Waals surface area contributed by atoms with E-state index >= 15 is 0 Å². The first kappa shape index (κ1) is 18.6. The topological polar surface area (TPSA) is 42.2 Å². The number of aromatic nitrogens is 1. The Morgan fingerprint density at radius 1 is 0.958 bits per heavy atom. The van der Waals surface area contributed by atoms with E-state index in [0.717, 1.165) is 17.3 Å². The summed E-state index contributed by atoms with van der Waals surface area (Å²) in [4.78, 5) is 11.1. The monoisotopic (exact) mass is 329 g/mol. The van der Waals surface area contributed by atoms with E-state index in [1.807, 2.05) is 13.1 Å². The summed E-state index contributed by atoms with van der Waals surface area (Å²) in [5.41, 5.74) is 2.68. The van der Waals surface area contributed by atoms with E-state index in [0.29, 0.717) is 5.56 Å². The predicted molar refractivity (Wildman–Crippen MR) is 101 cm³/mol. The van der Waals surface area contributed by atoms with Crippen LogP contribution in [0, 0.1) is 0 Å². The van der Waals surface area contributed by atoms with Crippen LogP contribution in [0.4, 0.5) is 0 Å². The molecule has 0 spiro atoms. The third kappa shape index (κ3) is 5.12. The van der Waals surface area contributed by atoms with Crippen molar-refractivity contribution in [2.45, 2.75) is 71.1 Å². The molecule has 0 unspecified atom stereocenters. The van der Waals surface area contributed by atoms with E-state index in [1.165, 1.54) is 63.5 Å². The second kappa shape index (κ2) is 9.51. The fourth-order valence-corrected chi connectivity index (χ4v) is 3.38. The Bertz CT molecular complexity index is 657. The molecule has 1 heterocycles. The summed E-state index contributed by atoms with van der Waals surface area (Å²) in [7, 11) is 2.04. The van der Waals surface area contributed by atoms with Crippen LogP contribution in [0.25, 0.3) is 10.9 Å². The number of carboxylic acids is 1. The quantitative estimate of drug-likeness (QED) is 0.518. The van der Waals surface area contributed by atoms with Gasteiger partial charge >= 0.3 is 5.97 Å². The van der Waals surface area contributed by atoms with E-state index in [-0.39, 0.29) is 0 Å². The number of nitrogens with zero attached hydrogens (tertiary/aromatic N) is 1. The van der Waals surface area contributed by atoms with Crippen LogP contribution in [0.15, 0.2) is 24.3 Å². The molecule has 2 rings (SSSR count). The molecule has 1 aromatic carbocycles. The first-order valence-electron chi connectivity index (χ1n) is 9.45. The number of carboxylic acid groups (broad SMARTS) is 1. The molecule has 0 saturated heterocycles. The standard InChI is InChI=1S/C21H31NO2/c1-3-4-5-6-7-8-9-10-11-12-19-15-17-13-14-18(21(23)24)16-20(17)22(19)2/h13-16H,3-12H2,1-2H3,(H,23,24). The van der Waals surface area contributed by atoms with Gasteiger partial charge in [0, 0.05) is 18.3 Å². The van der Waals surface area contributed by atoms with Gasteiger partial charge in [0.1, 0.15) is 0 Å². The van der Waals surface area contributed by atoms with Crippen LogP contribution in [0.1, 0.15) is 80.8 Å². The van der Waals surface area contributed by atoms with Gasteiger partial charge in [-0.1, -0.05) is 64.4 Å². The SMILES string of the molecule is CCCCCCCCCCCc1cc2ccc(C(=O)O)cc2n1C. The number of unbranched alkanes of at least 4 members (excludes halogenated alkanes) is 8. The van der Waals surface area contributed by atoms with Gasteiger partial charge in [0.25, 0.3) is 0 Å². The van der Waals surface area contributed by atoms with Crippen molar-refractivity contribution in [2.24, 2.45) is 7.05 Å². The Morgan fingerprint density at radius 3 is 2.21 bits per heavy atom. The second-order valence-electron chi connectivity index (χ2n) is 6.85. The number of fused-ring (bicyclic) bond motifs is 1. The number of hydrogen-bond donors (Lipinski definition) is 1. The molecule has 1 aromatic heterocycles. The Morgan fingerprint density at radius 2 is 1.58 bits per heavy atom. The van der Waals surface area contributed by atoms with Crippen LogP contribution in [0.3, 0.4) is 0 Å².